The minimum absolute atomic E-state index is 0.0993. The topological polar surface area (TPSA) is 43.2 Å². The fourth-order valence-corrected chi connectivity index (χ4v) is 3.01. The fraction of sp³-hybridized carbons (Fsp3) is 0.364. The van der Waals surface area contributed by atoms with Gasteiger partial charge in [-0.15, -0.1) is 0 Å². The monoisotopic (exact) mass is 350 g/mol. The Kier molecular flexibility index (Phi) is 6.05. The van der Waals surface area contributed by atoms with Crippen molar-refractivity contribution in [1.29, 1.82) is 0 Å². The largest absolute Gasteiger partial charge is 0.483 e. The highest BCUT2D eigenvalue weighted by Gasteiger charge is 2.31. The van der Waals surface area contributed by atoms with E-state index in [9.17, 15) is 0 Å². The summed E-state index contributed by atoms with van der Waals surface area (Å²) in [6.07, 6.45) is 0.742. The predicted molar refractivity (Wildman–Crippen MR) is 106 cm³/mol. The van der Waals surface area contributed by atoms with Crippen molar-refractivity contribution in [2.24, 2.45) is 15.9 Å². The summed E-state index contributed by atoms with van der Waals surface area (Å²) in [5.74, 6) is 1.67. The second-order valence-corrected chi connectivity index (χ2v) is 6.81. The van der Waals surface area contributed by atoms with Gasteiger partial charge in [0.1, 0.15) is 18.7 Å². The van der Waals surface area contributed by atoms with Crippen LogP contribution in [0.25, 0.3) is 0 Å². The molecule has 0 amide bonds. The van der Waals surface area contributed by atoms with Crippen LogP contribution in [0.5, 0.6) is 0 Å². The summed E-state index contributed by atoms with van der Waals surface area (Å²) in [7, 11) is 1.67. The van der Waals surface area contributed by atoms with E-state index in [1.807, 2.05) is 36.4 Å². The first-order valence-electron chi connectivity index (χ1n) is 9.07. The maximum atomic E-state index is 6.11. The SMILES string of the molecule is COC1=N[C@@H](Cc2ccccc2)C(OCc2ccccc2)=N[C@H]1C(C)C. The van der Waals surface area contributed by atoms with Crippen LogP contribution in [0.15, 0.2) is 70.6 Å². The average Bonchev–Trinajstić information content (AvgIpc) is 2.68. The first-order chi connectivity index (χ1) is 12.7. The first kappa shape index (κ1) is 18.2. The van der Waals surface area contributed by atoms with E-state index in [0.717, 1.165) is 12.0 Å². The lowest BCUT2D eigenvalue weighted by atomic mass is 10.0. The third kappa shape index (κ3) is 4.51. The zero-order chi connectivity index (χ0) is 18.4. The lowest BCUT2D eigenvalue weighted by Gasteiger charge is -2.28. The molecule has 1 aliphatic rings. The maximum Gasteiger partial charge on any atom is 0.210 e. The van der Waals surface area contributed by atoms with E-state index in [2.05, 4.69) is 38.1 Å². The maximum absolute atomic E-state index is 6.11. The zero-order valence-corrected chi connectivity index (χ0v) is 15.6. The lowest BCUT2D eigenvalue weighted by Crippen LogP contribution is -2.38. The third-order valence-corrected chi connectivity index (χ3v) is 4.43. The number of ether oxygens (including phenoxy) is 2. The molecule has 0 spiro atoms. The minimum Gasteiger partial charge on any atom is -0.483 e. The van der Waals surface area contributed by atoms with Crippen molar-refractivity contribution in [3.05, 3.63) is 71.8 Å². The smallest absolute Gasteiger partial charge is 0.210 e. The third-order valence-electron chi connectivity index (χ3n) is 4.43. The van der Waals surface area contributed by atoms with E-state index in [-0.39, 0.29) is 12.1 Å². The van der Waals surface area contributed by atoms with Gasteiger partial charge in [0, 0.05) is 6.42 Å². The van der Waals surface area contributed by atoms with Crippen molar-refractivity contribution < 1.29 is 9.47 Å². The Hall–Kier alpha value is -2.62. The average molecular weight is 350 g/mol. The van der Waals surface area contributed by atoms with E-state index >= 15 is 0 Å². The normalized spacial score (nSPS) is 19.7. The van der Waals surface area contributed by atoms with Crippen LogP contribution in [-0.2, 0) is 22.5 Å². The molecule has 4 nitrogen and oxygen atoms in total. The second kappa shape index (κ2) is 8.65. The summed E-state index contributed by atoms with van der Waals surface area (Å²) in [5.41, 5.74) is 2.33. The molecule has 1 aliphatic heterocycles. The van der Waals surface area contributed by atoms with Crippen molar-refractivity contribution in [3.8, 4) is 0 Å². The van der Waals surface area contributed by atoms with Crippen LogP contribution in [0.1, 0.15) is 25.0 Å². The molecule has 0 unspecified atom stereocenters. The van der Waals surface area contributed by atoms with Gasteiger partial charge in [0.2, 0.25) is 11.8 Å². The zero-order valence-electron chi connectivity index (χ0n) is 15.6. The fourth-order valence-electron chi connectivity index (χ4n) is 3.01. The second-order valence-electron chi connectivity index (χ2n) is 6.81. The Bertz CT molecular complexity index is 754. The molecule has 0 N–H and O–H groups in total. The molecule has 0 saturated carbocycles. The van der Waals surface area contributed by atoms with E-state index in [4.69, 9.17) is 19.5 Å². The highest BCUT2D eigenvalue weighted by atomic mass is 16.5. The molecule has 0 aliphatic carbocycles. The molecule has 3 rings (SSSR count). The van der Waals surface area contributed by atoms with E-state index in [1.54, 1.807) is 7.11 Å². The summed E-state index contributed by atoms with van der Waals surface area (Å²) in [6, 6.07) is 20.2. The van der Waals surface area contributed by atoms with Crippen molar-refractivity contribution in [3.63, 3.8) is 0 Å². The van der Waals surface area contributed by atoms with Crippen LogP contribution in [-0.4, -0.2) is 31.0 Å². The van der Waals surface area contributed by atoms with Crippen LogP contribution in [0, 0.1) is 5.92 Å². The number of hydrogen-bond donors (Lipinski definition) is 0. The Morgan fingerprint density at radius 3 is 2.04 bits per heavy atom. The summed E-state index contributed by atoms with van der Waals surface area (Å²) in [6.45, 7) is 4.73. The highest BCUT2D eigenvalue weighted by molar-refractivity contribution is 5.94. The molecule has 136 valence electrons. The minimum atomic E-state index is -0.161. The summed E-state index contributed by atoms with van der Waals surface area (Å²) >= 11 is 0. The van der Waals surface area contributed by atoms with Gasteiger partial charge >= 0.3 is 0 Å². The molecule has 0 aromatic heterocycles. The molecule has 0 bridgehead atoms. The van der Waals surface area contributed by atoms with Gasteiger partial charge in [-0.2, -0.15) is 0 Å². The Labute approximate surface area is 155 Å². The van der Waals surface area contributed by atoms with Gasteiger partial charge in [-0.05, 0) is 17.0 Å². The van der Waals surface area contributed by atoms with E-state index in [0.29, 0.717) is 24.3 Å². The quantitative estimate of drug-likeness (QED) is 0.807. The summed E-state index contributed by atoms with van der Waals surface area (Å²) in [5, 5.41) is 0. The van der Waals surface area contributed by atoms with Gasteiger partial charge in [-0.1, -0.05) is 74.5 Å². The molecule has 0 radical (unpaired) electrons. The van der Waals surface area contributed by atoms with Crippen molar-refractivity contribution >= 4 is 11.8 Å². The van der Waals surface area contributed by atoms with Gasteiger partial charge in [-0.25, -0.2) is 9.98 Å². The van der Waals surface area contributed by atoms with Gasteiger partial charge in [-0.3, -0.25) is 0 Å². The standard InChI is InChI=1S/C22H26N2O2/c1-16(2)20-22(25-3)23-19(14-17-10-6-4-7-11-17)21(24-20)26-15-18-12-8-5-9-13-18/h4-13,16,19-20H,14-15H2,1-3H3/t19-,20-/m0/s1. The molecule has 1 heterocycles. The molecular formula is C22H26N2O2. The molecule has 2 atom stereocenters. The molecule has 4 heteroatoms. The molecule has 0 saturated heterocycles. The first-order valence-corrected chi connectivity index (χ1v) is 9.07. The Morgan fingerprint density at radius 1 is 0.846 bits per heavy atom. The van der Waals surface area contributed by atoms with Crippen LogP contribution >= 0.6 is 0 Å². The van der Waals surface area contributed by atoms with Crippen LogP contribution in [0.2, 0.25) is 0 Å². The number of aliphatic imine (C=N–C) groups is 2. The lowest BCUT2D eigenvalue weighted by molar-refractivity contribution is 0.266. The van der Waals surface area contributed by atoms with Crippen molar-refractivity contribution in [2.45, 2.75) is 39.0 Å². The number of hydrogen-bond acceptors (Lipinski definition) is 4. The van der Waals surface area contributed by atoms with Crippen LogP contribution in [0.3, 0.4) is 0 Å². The molecule has 2 aromatic rings. The molecular weight excluding hydrogens is 324 g/mol. The Morgan fingerprint density at radius 2 is 1.46 bits per heavy atom. The molecule has 0 fully saturated rings. The predicted octanol–water partition coefficient (Wildman–Crippen LogP) is 4.30. The van der Waals surface area contributed by atoms with E-state index < -0.39 is 0 Å². The van der Waals surface area contributed by atoms with Crippen molar-refractivity contribution in [1.82, 2.24) is 0 Å². The Balaban J connectivity index is 1.82. The molecule has 2 aromatic carbocycles. The summed E-state index contributed by atoms with van der Waals surface area (Å²) < 4.78 is 11.6. The van der Waals surface area contributed by atoms with Gasteiger partial charge in [0.25, 0.3) is 0 Å². The van der Waals surface area contributed by atoms with Crippen molar-refractivity contribution in [2.75, 3.05) is 7.11 Å². The number of nitrogens with zero attached hydrogens (tertiary/aromatic N) is 2. The highest BCUT2D eigenvalue weighted by Crippen LogP contribution is 2.21. The van der Waals surface area contributed by atoms with Gasteiger partial charge in [0.15, 0.2) is 0 Å². The van der Waals surface area contributed by atoms with Crippen LogP contribution in [0.4, 0.5) is 0 Å². The van der Waals surface area contributed by atoms with E-state index in [1.165, 1.54) is 5.56 Å². The van der Waals surface area contributed by atoms with Gasteiger partial charge < -0.3 is 9.47 Å². The number of benzene rings is 2. The number of methoxy groups -OCH3 is 1. The van der Waals surface area contributed by atoms with Gasteiger partial charge in [0.05, 0.1) is 7.11 Å². The summed E-state index contributed by atoms with van der Waals surface area (Å²) in [4.78, 5) is 9.70. The van der Waals surface area contributed by atoms with Crippen LogP contribution < -0.4 is 0 Å². The number of rotatable bonds is 5. The molecule has 26 heavy (non-hydrogen) atoms.